The summed E-state index contributed by atoms with van der Waals surface area (Å²) in [5, 5.41) is 10.4. The molecule has 0 saturated carbocycles. The summed E-state index contributed by atoms with van der Waals surface area (Å²) in [6.45, 7) is 2.93. The fourth-order valence-electron chi connectivity index (χ4n) is 4.73. The lowest BCUT2D eigenvalue weighted by atomic mass is 10.1. The Kier molecular flexibility index (Phi) is 11.1. The largest absolute Gasteiger partial charge is 0.507 e. The summed E-state index contributed by atoms with van der Waals surface area (Å²) in [5.41, 5.74) is 0.136. The lowest BCUT2D eigenvalue weighted by Gasteiger charge is -2.39. The van der Waals surface area contributed by atoms with Crippen LogP contribution in [0.5, 0.6) is 11.5 Å². The van der Waals surface area contributed by atoms with Crippen molar-refractivity contribution in [2.75, 3.05) is 6.61 Å². The number of unbranched alkanes of at least 4 members (excludes halogenated alkanes) is 7. The van der Waals surface area contributed by atoms with Gasteiger partial charge in [0, 0.05) is 14.7 Å². The van der Waals surface area contributed by atoms with E-state index in [1.165, 1.54) is 51.0 Å². The van der Waals surface area contributed by atoms with Crippen LogP contribution in [0.2, 0.25) is 0 Å². The molecule has 0 aliphatic carbocycles. The Morgan fingerprint density at radius 2 is 1.12 bits per heavy atom. The minimum absolute atomic E-state index is 0.105. The fourth-order valence-corrected chi connectivity index (χ4v) is 7.76. The number of para-hydroxylation sites is 1. The molecule has 4 aromatic rings. The molecule has 4 rings (SSSR count). The molecule has 0 radical (unpaired) electrons. The molecule has 0 saturated heterocycles. The smallest absolute Gasteiger partial charge is 0.353 e. The Balaban J connectivity index is 1.57. The summed E-state index contributed by atoms with van der Waals surface area (Å²) in [6.07, 6.45) is 10.1. The van der Waals surface area contributed by atoms with Crippen molar-refractivity contribution in [2.45, 2.75) is 73.0 Å². The predicted molar refractivity (Wildman–Crippen MR) is 163 cm³/mol. The SMILES string of the molecule is CCCCCCCCCCOc1ccc(S(OC(=O)c2ccccc2O)(c2ccccc2)c2ccccc2)cc1. The first kappa shape index (κ1) is 29.3. The van der Waals surface area contributed by atoms with Gasteiger partial charge in [-0.3, -0.25) is 0 Å². The number of aromatic hydroxyl groups is 1. The zero-order chi connectivity index (χ0) is 28.0. The van der Waals surface area contributed by atoms with Gasteiger partial charge in [-0.15, -0.1) is 0 Å². The Morgan fingerprint density at radius 3 is 1.70 bits per heavy atom. The van der Waals surface area contributed by atoms with Crippen molar-refractivity contribution < 1.29 is 18.8 Å². The van der Waals surface area contributed by atoms with Crippen molar-refractivity contribution >= 4 is 16.3 Å². The molecule has 4 nitrogen and oxygen atoms in total. The summed E-state index contributed by atoms with van der Waals surface area (Å²) in [4.78, 5) is 16.2. The average molecular weight is 557 g/mol. The third kappa shape index (κ3) is 7.48. The third-order valence-electron chi connectivity index (χ3n) is 6.90. The Morgan fingerprint density at radius 1 is 0.625 bits per heavy atom. The van der Waals surface area contributed by atoms with Crippen LogP contribution < -0.4 is 4.74 Å². The van der Waals surface area contributed by atoms with E-state index < -0.39 is 16.3 Å². The maximum Gasteiger partial charge on any atom is 0.353 e. The maximum absolute atomic E-state index is 13.6. The Bertz CT molecular complexity index is 1270. The molecule has 40 heavy (non-hydrogen) atoms. The van der Waals surface area contributed by atoms with Crippen molar-refractivity contribution in [1.29, 1.82) is 0 Å². The second-order valence-electron chi connectivity index (χ2n) is 9.86. The molecule has 0 aliphatic rings. The number of phenols is 1. The van der Waals surface area contributed by atoms with E-state index in [-0.39, 0.29) is 11.3 Å². The van der Waals surface area contributed by atoms with Gasteiger partial charge in [-0.25, -0.2) is 4.79 Å². The normalized spacial score (nSPS) is 11.6. The highest BCUT2D eigenvalue weighted by Gasteiger charge is 2.36. The van der Waals surface area contributed by atoms with Gasteiger partial charge in [0.1, 0.15) is 17.1 Å². The third-order valence-corrected chi connectivity index (χ3v) is 10.1. The van der Waals surface area contributed by atoms with E-state index in [9.17, 15) is 9.90 Å². The summed E-state index contributed by atoms with van der Waals surface area (Å²) < 4.78 is 12.6. The van der Waals surface area contributed by atoms with Crippen LogP contribution in [0.3, 0.4) is 0 Å². The number of phenolic OH excluding ortho intramolecular Hbond substituents is 1. The first-order valence-corrected chi connectivity index (χ1v) is 15.9. The van der Waals surface area contributed by atoms with Crippen LogP contribution >= 0.6 is 10.3 Å². The molecule has 0 atom stereocenters. The quantitative estimate of drug-likeness (QED) is 0.148. The standard InChI is InChI=1S/C35H40O4S/c1-2-3-4-5-6-7-8-17-28-38-29-24-26-32(27-25-29)40(30-18-11-9-12-19-30,31-20-13-10-14-21-31)39-35(37)33-22-15-16-23-34(33)36/h9-16,18-27,36H,2-8,17,28H2,1H3. The van der Waals surface area contributed by atoms with Crippen LogP contribution in [0.15, 0.2) is 124 Å². The minimum atomic E-state index is -2.47. The summed E-state index contributed by atoms with van der Waals surface area (Å²) in [6, 6.07) is 34.1. The highest BCUT2D eigenvalue weighted by atomic mass is 32.3. The van der Waals surface area contributed by atoms with Crippen LogP contribution in [0.4, 0.5) is 0 Å². The van der Waals surface area contributed by atoms with Gasteiger partial charge in [-0.2, -0.15) is 0 Å². The molecule has 0 heterocycles. The monoisotopic (exact) mass is 556 g/mol. The molecule has 1 N–H and O–H groups in total. The van der Waals surface area contributed by atoms with Crippen molar-refractivity contribution in [2.24, 2.45) is 0 Å². The lowest BCUT2D eigenvalue weighted by Crippen LogP contribution is -2.14. The number of carbonyl (C=O) groups is 1. The van der Waals surface area contributed by atoms with Gasteiger partial charge in [0.25, 0.3) is 0 Å². The first-order valence-electron chi connectivity index (χ1n) is 14.3. The van der Waals surface area contributed by atoms with Gasteiger partial charge >= 0.3 is 5.97 Å². The van der Waals surface area contributed by atoms with Gasteiger partial charge in [-0.1, -0.05) is 100 Å². The molecule has 0 bridgehead atoms. The van der Waals surface area contributed by atoms with E-state index in [1.807, 2.05) is 84.9 Å². The molecule has 5 heteroatoms. The fraction of sp³-hybridized carbons (Fsp3) is 0.286. The summed E-state index contributed by atoms with van der Waals surface area (Å²) >= 11 is 0. The Labute approximate surface area is 240 Å². The zero-order valence-electron chi connectivity index (χ0n) is 23.3. The number of hydrogen-bond acceptors (Lipinski definition) is 4. The maximum atomic E-state index is 13.6. The summed E-state index contributed by atoms with van der Waals surface area (Å²) in [7, 11) is -2.47. The minimum Gasteiger partial charge on any atom is -0.507 e. The highest BCUT2D eigenvalue weighted by Crippen LogP contribution is 2.69. The van der Waals surface area contributed by atoms with Crippen LogP contribution in [-0.4, -0.2) is 17.7 Å². The number of carbonyl (C=O) groups excluding carboxylic acids is 1. The number of hydrogen-bond donors (Lipinski definition) is 1. The zero-order valence-corrected chi connectivity index (χ0v) is 24.2. The van der Waals surface area contributed by atoms with Gasteiger partial charge < -0.3 is 14.0 Å². The number of ether oxygens (including phenoxy) is 1. The molecular weight excluding hydrogens is 516 g/mol. The van der Waals surface area contributed by atoms with Crippen molar-refractivity contribution in [3.05, 3.63) is 115 Å². The van der Waals surface area contributed by atoms with Crippen molar-refractivity contribution in [1.82, 2.24) is 0 Å². The van der Waals surface area contributed by atoms with E-state index in [0.29, 0.717) is 6.61 Å². The van der Waals surface area contributed by atoms with Crippen LogP contribution in [0.25, 0.3) is 0 Å². The first-order chi connectivity index (χ1) is 19.6. The molecular formula is C35H40O4S. The molecule has 0 amide bonds. The van der Waals surface area contributed by atoms with Crippen molar-refractivity contribution in [3.8, 4) is 11.5 Å². The van der Waals surface area contributed by atoms with Gasteiger partial charge in [-0.05, 0) is 77.4 Å². The molecule has 4 aromatic carbocycles. The van der Waals surface area contributed by atoms with Gasteiger partial charge in [0.05, 0.1) is 6.61 Å². The molecule has 0 aliphatic heterocycles. The second-order valence-corrected chi connectivity index (χ2v) is 12.6. The highest BCUT2D eigenvalue weighted by molar-refractivity contribution is 8.30. The van der Waals surface area contributed by atoms with E-state index in [2.05, 4.69) is 6.92 Å². The molecule has 0 unspecified atom stereocenters. The number of benzene rings is 4. The molecule has 0 spiro atoms. The van der Waals surface area contributed by atoms with Gasteiger partial charge in [0.2, 0.25) is 0 Å². The topological polar surface area (TPSA) is 55.8 Å². The predicted octanol–water partition coefficient (Wildman–Crippen LogP) is 9.97. The Hall–Kier alpha value is -3.70. The lowest BCUT2D eigenvalue weighted by molar-refractivity contribution is 0.0754. The van der Waals surface area contributed by atoms with Crippen LogP contribution in [-0.2, 0) is 4.18 Å². The average Bonchev–Trinajstić information content (AvgIpc) is 3.00. The molecule has 210 valence electrons. The number of rotatable bonds is 15. The van der Waals surface area contributed by atoms with Crippen molar-refractivity contribution in [3.63, 3.8) is 0 Å². The van der Waals surface area contributed by atoms with E-state index >= 15 is 0 Å². The van der Waals surface area contributed by atoms with E-state index in [1.54, 1.807) is 18.2 Å². The second kappa shape index (κ2) is 15.2. The molecule has 0 aromatic heterocycles. The molecule has 0 fully saturated rings. The van der Waals surface area contributed by atoms with Crippen LogP contribution in [0.1, 0.15) is 68.6 Å². The van der Waals surface area contributed by atoms with E-state index in [4.69, 9.17) is 8.92 Å². The van der Waals surface area contributed by atoms with Gasteiger partial charge in [0.15, 0.2) is 0 Å². The summed E-state index contributed by atoms with van der Waals surface area (Å²) in [5.74, 6) is 0.121. The van der Waals surface area contributed by atoms with Crippen LogP contribution in [0, 0.1) is 0 Å². The van der Waals surface area contributed by atoms with E-state index in [0.717, 1.165) is 26.9 Å².